The Hall–Kier alpha value is -14.2. The molecule has 4 aliphatic rings. The molecular formula is C108H70N2. The van der Waals surface area contributed by atoms with Crippen LogP contribution in [0.15, 0.2) is 425 Å². The molecule has 512 valence electrons. The fraction of sp³-hybridized carbons (Fsp3) is 0.0185. The summed E-state index contributed by atoms with van der Waals surface area (Å²) in [5, 5.41) is 0. The van der Waals surface area contributed by atoms with Crippen LogP contribution in [0.4, 0.5) is 0 Å². The Morgan fingerprint density at radius 2 is 0.309 bits per heavy atom. The Kier molecular flexibility index (Phi) is 15.4. The second-order valence-electron chi connectivity index (χ2n) is 29.3. The third-order valence-corrected chi connectivity index (χ3v) is 23.4. The third-order valence-electron chi connectivity index (χ3n) is 23.4. The zero-order valence-corrected chi connectivity index (χ0v) is 60.3. The first-order valence-corrected chi connectivity index (χ1v) is 38.1. The van der Waals surface area contributed by atoms with Crippen molar-refractivity contribution in [3.05, 3.63) is 469 Å². The van der Waals surface area contributed by atoms with E-state index in [4.69, 9.17) is 9.97 Å². The van der Waals surface area contributed by atoms with Crippen molar-refractivity contribution < 1.29 is 0 Å². The van der Waals surface area contributed by atoms with Gasteiger partial charge in [-0.05, 0) is 210 Å². The number of hydrogen-bond donors (Lipinski definition) is 0. The van der Waals surface area contributed by atoms with E-state index < -0.39 is 0 Å². The van der Waals surface area contributed by atoms with Crippen molar-refractivity contribution in [2.45, 2.75) is 10.8 Å². The van der Waals surface area contributed by atoms with Gasteiger partial charge < -0.3 is 0 Å². The minimum atomic E-state index is -0.326. The van der Waals surface area contributed by atoms with Crippen molar-refractivity contribution in [3.63, 3.8) is 0 Å². The van der Waals surface area contributed by atoms with E-state index in [1.807, 2.05) is 12.1 Å². The molecular weight excluding hydrogens is 1330 g/mol. The number of hydrogen-bond acceptors (Lipinski definition) is 2. The number of aromatic nitrogens is 2. The lowest BCUT2D eigenvalue weighted by molar-refractivity contribution is 0.794. The maximum absolute atomic E-state index is 5.11. The second kappa shape index (κ2) is 26.4. The van der Waals surface area contributed by atoms with Crippen LogP contribution in [-0.4, -0.2) is 9.97 Å². The summed E-state index contributed by atoms with van der Waals surface area (Å²) in [7, 11) is 0. The first-order valence-electron chi connectivity index (χ1n) is 38.1. The van der Waals surface area contributed by atoms with Crippen LogP contribution in [0, 0.1) is 0 Å². The molecule has 0 fully saturated rings. The number of nitrogens with zero attached hydrogens (tertiary/aromatic N) is 2. The minimum Gasteiger partial charge on any atom is -0.248 e. The van der Waals surface area contributed by atoms with Crippen LogP contribution in [-0.2, 0) is 10.8 Å². The Balaban J connectivity index is 0.000000140. The van der Waals surface area contributed by atoms with Gasteiger partial charge in [0.05, 0.1) is 33.6 Å². The molecule has 0 N–H and O–H groups in total. The van der Waals surface area contributed by atoms with E-state index in [2.05, 4.69) is 413 Å². The van der Waals surface area contributed by atoms with Crippen LogP contribution in [0.25, 0.3) is 156 Å². The zero-order valence-electron chi connectivity index (χ0n) is 60.3. The summed E-state index contributed by atoms with van der Waals surface area (Å²) in [6, 6.07) is 155. The Labute approximate surface area is 642 Å². The molecule has 0 unspecified atom stereocenters. The largest absolute Gasteiger partial charge is 0.248 e. The molecule has 2 aromatic heterocycles. The highest BCUT2D eigenvalue weighted by atomic mass is 14.7. The molecule has 0 amide bonds. The van der Waals surface area contributed by atoms with Crippen molar-refractivity contribution in [1.29, 1.82) is 0 Å². The molecule has 0 saturated carbocycles. The molecule has 0 atom stereocenters. The maximum Gasteiger partial charge on any atom is 0.0725 e. The van der Waals surface area contributed by atoms with Crippen molar-refractivity contribution >= 4 is 0 Å². The average molecular weight is 1400 g/mol. The molecule has 4 aliphatic carbocycles. The highest BCUT2D eigenvalue weighted by Crippen LogP contribution is 2.65. The van der Waals surface area contributed by atoms with E-state index in [-0.39, 0.29) is 10.8 Å². The van der Waals surface area contributed by atoms with Gasteiger partial charge in [0.25, 0.3) is 0 Å². The molecule has 16 aromatic carbocycles. The molecule has 2 spiro atoms. The number of rotatable bonds is 10. The number of benzene rings is 16. The van der Waals surface area contributed by atoms with Crippen LogP contribution >= 0.6 is 0 Å². The van der Waals surface area contributed by atoms with E-state index >= 15 is 0 Å². The smallest absolute Gasteiger partial charge is 0.0725 e. The van der Waals surface area contributed by atoms with Gasteiger partial charge in [-0.1, -0.05) is 370 Å². The lowest BCUT2D eigenvalue weighted by Gasteiger charge is -2.30. The van der Waals surface area contributed by atoms with Crippen LogP contribution in [0.3, 0.4) is 0 Å². The van der Waals surface area contributed by atoms with Gasteiger partial charge in [0.15, 0.2) is 0 Å². The van der Waals surface area contributed by atoms with Crippen molar-refractivity contribution in [3.8, 4) is 156 Å². The summed E-state index contributed by atoms with van der Waals surface area (Å²) in [6.07, 6.45) is 0. The molecule has 2 nitrogen and oxygen atoms in total. The molecule has 110 heavy (non-hydrogen) atoms. The van der Waals surface area contributed by atoms with E-state index in [9.17, 15) is 0 Å². The van der Waals surface area contributed by atoms with Crippen LogP contribution in [0.2, 0.25) is 0 Å². The summed E-state index contributed by atoms with van der Waals surface area (Å²) in [4.78, 5) is 10.2. The van der Waals surface area contributed by atoms with Gasteiger partial charge in [0, 0.05) is 22.3 Å². The zero-order chi connectivity index (χ0) is 72.7. The highest BCUT2D eigenvalue weighted by Gasteiger charge is 2.53. The van der Waals surface area contributed by atoms with Gasteiger partial charge in [0.2, 0.25) is 0 Å². The SMILES string of the molecule is c1ccc(-c2cc(-c3cccc(-c4ccc(-c5ccc6c(c5)-c5ccccc5C65c6ccccc6-c6ccccc65)cc4)c3)cc(-c3ccccc3)n2)cc1.c1ccc(-c2cc(-c3cccc(-c4cccc(-c5ccc6c(c5)-c5ccccc5C65c6ccccc6-c6ccccc65)c4)c3)cc(-c3ccccc3)n2)cc1. The van der Waals surface area contributed by atoms with Crippen LogP contribution in [0.5, 0.6) is 0 Å². The summed E-state index contributed by atoms with van der Waals surface area (Å²) in [6.45, 7) is 0. The first-order chi connectivity index (χ1) is 54.5. The molecule has 2 heterocycles. The molecule has 0 bridgehead atoms. The van der Waals surface area contributed by atoms with Crippen LogP contribution < -0.4 is 0 Å². The average Bonchev–Trinajstić information content (AvgIpc) is 1.52. The summed E-state index contributed by atoms with van der Waals surface area (Å²) < 4.78 is 0. The fourth-order valence-corrected chi connectivity index (χ4v) is 18.5. The Morgan fingerprint density at radius 3 is 0.591 bits per heavy atom. The monoisotopic (exact) mass is 1390 g/mol. The van der Waals surface area contributed by atoms with Gasteiger partial charge in [0.1, 0.15) is 0 Å². The van der Waals surface area contributed by atoms with Gasteiger partial charge in [-0.25, -0.2) is 9.97 Å². The van der Waals surface area contributed by atoms with Crippen molar-refractivity contribution in [2.75, 3.05) is 0 Å². The predicted octanol–water partition coefficient (Wildman–Crippen LogP) is 27.5. The summed E-state index contributed by atoms with van der Waals surface area (Å²) in [5.74, 6) is 0. The molecule has 18 aromatic rings. The molecule has 0 aliphatic heterocycles. The fourth-order valence-electron chi connectivity index (χ4n) is 18.5. The van der Waals surface area contributed by atoms with E-state index in [0.29, 0.717) is 0 Å². The van der Waals surface area contributed by atoms with Gasteiger partial charge >= 0.3 is 0 Å². The molecule has 2 heteroatoms. The van der Waals surface area contributed by atoms with Crippen LogP contribution in [0.1, 0.15) is 44.5 Å². The standard InChI is InChI=1S/2C54H35N/c1-3-15-36(16-4-1)52-34-43(35-53(55-52)37-17-5-2-6-18-37)41-22-14-20-39(32-41)38-19-13-21-40(31-38)42-29-30-51-47(33-42)46-25-9-12-28-50(46)54(51)48-26-10-7-23-44(48)45-24-8-11-27-49(45)54;1-3-14-38(15-4-1)52-34-43(35-53(55-52)39-16-5-2-6-17-39)41-19-13-18-40(32-41)36-26-28-37(29-27-36)42-30-31-51-47(33-42)46-22-9-12-25-50(46)54(51)48-23-10-7-20-44(48)45-21-8-11-24-49(45)54/h2*1-35H. The highest BCUT2D eigenvalue weighted by molar-refractivity contribution is 5.99. The quantitative estimate of drug-likeness (QED) is 0.136. The molecule has 0 saturated heterocycles. The number of fused-ring (bicyclic) bond motifs is 20. The van der Waals surface area contributed by atoms with Gasteiger partial charge in [-0.15, -0.1) is 0 Å². The third kappa shape index (κ3) is 10.5. The second-order valence-corrected chi connectivity index (χ2v) is 29.3. The Bertz CT molecular complexity index is 6430. The van der Waals surface area contributed by atoms with Gasteiger partial charge in [-0.2, -0.15) is 0 Å². The topological polar surface area (TPSA) is 25.8 Å². The lowest BCUT2D eigenvalue weighted by Crippen LogP contribution is -2.25. The Morgan fingerprint density at radius 1 is 0.118 bits per heavy atom. The van der Waals surface area contributed by atoms with E-state index in [1.165, 1.54) is 139 Å². The normalized spacial score (nSPS) is 12.9. The number of pyridine rings is 2. The molecule has 22 rings (SSSR count). The predicted molar refractivity (Wildman–Crippen MR) is 455 cm³/mol. The molecule has 0 radical (unpaired) electrons. The maximum atomic E-state index is 5.11. The summed E-state index contributed by atoms with van der Waals surface area (Å²) in [5.41, 5.74) is 43.5. The van der Waals surface area contributed by atoms with E-state index in [1.54, 1.807) is 0 Å². The first kappa shape index (κ1) is 64.2. The van der Waals surface area contributed by atoms with Gasteiger partial charge in [-0.3, -0.25) is 0 Å². The van der Waals surface area contributed by atoms with Crippen molar-refractivity contribution in [2.24, 2.45) is 0 Å². The lowest BCUT2D eigenvalue weighted by atomic mass is 9.70. The van der Waals surface area contributed by atoms with Crippen molar-refractivity contribution in [1.82, 2.24) is 9.97 Å². The minimum absolute atomic E-state index is 0.314. The van der Waals surface area contributed by atoms with E-state index in [0.717, 1.165) is 61.7 Å². The summed E-state index contributed by atoms with van der Waals surface area (Å²) >= 11 is 0.